The molecule has 0 bridgehead atoms. The van der Waals surface area contributed by atoms with Crippen LogP contribution in [0.25, 0.3) is 0 Å². The second kappa shape index (κ2) is 6.04. The summed E-state index contributed by atoms with van der Waals surface area (Å²) in [6, 6.07) is 8.45. The molecule has 2 rings (SSSR count). The molecule has 1 atom stereocenters. The van der Waals surface area contributed by atoms with Crippen molar-refractivity contribution in [3.05, 3.63) is 62.8 Å². The Labute approximate surface area is 136 Å². The van der Waals surface area contributed by atoms with Crippen molar-refractivity contribution >= 4 is 37.4 Å². The maximum atomic E-state index is 14.1. The average molecular weight is 393 g/mol. The third-order valence-corrected chi connectivity index (χ3v) is 5.45. The van der Waals surface area contributed by atoms with E-state index in [1.807, 2.05) is 0 Å². The average Bonchev–Trinajstić information content (AvgIpc) is 2.43. The highest BCUT2D eigenvalue weighted by atomic mass is 79.9. The lowest BCUT2D eigenvalue weighted by Gasteiger charge is -2.15. The molecule has 0 aliphatic rings. The number of hydrogen-bond donors (Lipinski definition) is 1. The van der Waals surface area contributed by atoms with Crippen molar-refractivity contribution in [2.24, 2.45) is 5.73 Å². The van der Waals surface area contributed by atoms with Crippen LogP contribution in [0.1, 0.15) is 17.2 Å². The molecule has 7 heteroatoms. The molecule has 2 aromatic carbocycles. The zero-order chi connectivity index (χ0) is 15.8. The standard InChI is InChI=1S/C14H12BrClFNO2S/c1-21(19,20)9-4-2-8(3-5-9)14(18)10-6-7-11(15)12(16)13(10)17/h2-7,14H,18H2,1H3. The van der Waals surface area contributed by atoms with E-state index >= 15 is 0 Å². The highest BCUT2D eigenvalue weighted by molar-refractivity contribution is 9.10. The Hall–Kier alpha value is -0.950. The molecule has 1 unspecified atom stereocenters. The normalized spacial score (nSPS) is 13.2. The van der Waals surface area contributed by atoms with Crippen LogP contribution in [-0.4, -0.2) is 14.7 Å². The summed E-state index contributed by atoms with van der Waals surface area (Å²) in [7, 11) is -3.27. The Morgan fingerprint density at radius 2 is 1.76 bits per heavy atom. The van der Waals surface area contributed by atoms with Gasteiger partial charge >= 0.3 is 0 Å². The monoisotopic (exact) mass is 391 g/mol. The van der Waals surface area contributed by atoms with Crippen LogP contribution in [0.5, 0.6) is 0 Å². The molecular weight excluding hydrogens is 381 g/mol. The summed E-state index contributed by atoms with van der Waals surface area (Å²) in [6.07, 6.45) is 1.12. The van der Waals surface area contributed by atoms with Gasteiger partial charge in [0.15, 0.2) is 9.84 Å². The molecule has 0 spiro atoms. The second-order valence-electron chi connectivity index (χ2n) is 4.58. The van der Waals surface area contributed by atoms with Crippen molar-refractivity contribution in [3.8, 4) is 0 Å². The third-order valence-electron chi connectivity index (χ3n) is 3.07. The minimum Gasteiger partial charge on any atom is -0.320 e. The van der Waals surface area contributed by atoms with Gasteiger partial charge < -0.3 is 5.73 Å². The van der Waals surface area contributed by atoms with Gasteiger partial charge in [-0.1, -0.05) is 29.8 Å². The fraction of sp³-hybridized carbons (Fsp3) is 0.143. The summed E-state index contributed by atoms with van der Waals surface area (Å²) in [4.78, 5) is 0.188. The molecule has 0 fully saturated rings. The van der Waals surface area contributed by atoms with E-state index in [2.05, 4.69) is 15.9 Å². The van der Waals surface area contributed by atoms with E-state index in [0.717, 1.165) is 6.26 Å². The molecule has 0 heterocycles. The first-order valence-electron chi connectivity index (χ1n) is 5.91. The topological polar surface area (TPSA) is 60.2 Å². The van der Waals surface area contributed by atoms with Crippen LogP contribution in [0, 0.1) is 5.82 Å². The lowest BCUT2D eigenvalue weighted by atomic mass is 9.99. The minimum absolute atomic E-state index is 0.0318. The number of nitrogens with two attached hydrogens (primary N) is 1. The fourth-order valence-corrected chi connectivity index (χ4v) is 2.99. The van der Waals surface area contributed by atoms with Crippen LogP contribution < -0.4 is 5.73 Å². The number of rotatable bonds is 3. The molecule has 0 aromatic heterocycles. The van der Waals surface area contributed by atoms with Crippen molar-refractivity contribution < 1.29 is 12.8 Å². The molecule has 0 radical (unpaired) electrons. The Morgan fingerprint density at radius 1 is 1.19 bits per heavy atom. The van der Waals surface area contributed by atoms with Crippen molar-refractivity contribution in [2.75, 3.05) is 6.26 Å². The number of benzene rings is 2. The van der Waals surface area contributed by atoms with Crippen LogP contribution in [0.4, 0.5) is 4.39 Å². The zero-order valence-corrected chi connectivity index (χ0v) is 14.1. The van der Waals surface area contributed by atoms with Gasteiger partial charge in [-0.3, -0.25) is 0 Å². The SMILES string of the molecule is CS(=O)(=O)c1ccc(C(N)c2ccc(Br)c(Cl)c2F)cc1. The van der Waals surface area contributed by atoms with E-state index in [4.69, 9.17) is 17.3 Å². The van der Waals surface area contributed by atoms with E-state index in [1.165, 1.54) is 12.1 Å². The Kier molecular flexibility index (Phi) is 4.72. The number of hydrogen-bond acceptors (Lipinski definition) is 3. The second-order valence-corrected chi connectivity index (χ2v) is 7.83. The maximum absolute atomic E-state index is 14.1. The summed E-state index contributed by atoms with van der Waals surface area (Å²) in [6.45, 7) is 0. The van der Waals surface area contributed by atoms with Crippen LogP contribution in [-0.2, 0) is 9.84 Å². The summed E-state index contributed by atoms with van der Waals surface area (Å²) in [5.41, 5.74) is 6.87. The van der Waals surface area contributed by atoms with E-state index in [0.29, 0.717) is 10.0 Å². The number of halogens is 3. The lowest BCUT2D eigenvalue weighted by Crippen LogP contribution is -2.14. The van der Waals surface area contributed by atoms with Gasteiger partial charge in [0.25, 0.3) is 0 Å². The number of sulfone groups is 1. The fourth-order valence-electron chi connectivity index (χ4n) is 1.88. The van der Waals surface area contributed by atoms with E-state index < -0.39 is 21.7 Å². The van der Waals surface area contributed by atoms with Crippen molar-refractivity contribution in [1.82, 2.24) is 0 Å². The van der Waals surface area contributed by atoms with Crippen LogP contribution in [0.15, 0.2) is 45.8 Å². The summed E-state index contributed by atoms with van der Waals surface area (Å²) in [5, 5.41) is -0.0318. The van der Waals surface area contributed by atoms with E-state index in [-0.39, 0.29) is 15.5 Å². The Balaban J connectivity index is 2.41. The first kappa shape index (κ1) is 16.4. The molecule has 0 aliphatic heterocycles. The largest absolute Gasteiger partial charge is 0.320 e. The smallest absolute Gasteiger partial charge is 0.175 e. The van der Waals surface area contributed by atoms with Crippen LogP contribution in [0.3, 0.4) is 0 Å². The Morgan fingerprint density at radius 3 is 2.29 bits per heavy atom. The van der Waals surface area contributed by atoms with Crippen molar-refractivity contribution in [3.63, 3.8) is 0 Å². The third kappa shape index (κ3) is 3.45. The maximum Gasteiger partial charge on any atom is 0.175 e. The first-order chi connectivity index (χ1) is 9.71. The quantitative estimate of drug-likeness (QED) is 0.810. The molecule has 2 aromatic rings. The van der Waals surface area contributed by atoms with E-state index in [1.54, 1.807) is 24.3 Å². The van der Waals surface area contributed by atoms with Crippen LogP contribution >= 0.6 is 27.5 Å². The molecular formula is C14H12BrClFNO2S. The predicted molar refractivity (Wildman–Crippen MR) is 84.7 cm³/mol. The van der Waals surface area contributed by atoms with Crippen LogP contribution in [0.2, 0.25) is 5.02 Å². The summed E-state index contributed by atoms with van der Waals surface area (Å²) in [5.74, 6) is -0.592. The highest BCUT2D eigenvalue weighted by Crippen LogP contribution is 2.32. The van der Waals surface area contributed by atoms with Crippen molar-refractivity contribution in [1.29, 1.82) is 0 Å². The Bertz CT molecular complexity index is 778. The molecule has 0 aliphatic carbocycles. The van der Waals surface area contributed by atoms with Gasteiger partial charge in [-0.2, -0.15) is 0 Å². The van der Waals surface area contributed by atoms with Gasteiger partial charge in [-0.15, -0.1) is 0 Å². The molecule has 2 N–H and O–H groups in total. The molecule has 3 nitrogen and oxygen atoms in total. The molecule has 21 heavy (non-hydrogen) atoms. The zero-order valence-electron chi connectivity index (χ0n) is 11.0. The van der Waals surface area contributed by atoms with Gasteiger partial charge in [0.2, 0.25) is 0 Å². The molecule has 0 saturated carbocycles. The molecule has 0 amide bonds. The summed E-state index contributed by atoms with van der Waals surface area (Å²) >= 11 is 8.98. The highest BCUT2D eigenvalue weighted by Gasteiger charge is 2.18. The predicted octanol–water partition coefficient (Wildman–Crippen LogP) is 3.69. The molecule has 0 saturated heterocycles. The lowest BCUT2D eigenvalue weighted by molar-refractivity contribution is 0.597. The van der Waals surface area contributed by atoms with Gasteiger partial charge in [0, 0.05) is 16.3 Å². The molecule has 112 valence electrons. The van der Waals surface area contributed by atoms with Gasteiger partial charge in [-0.25, -0.2) is 12.8 Å². The first-order valence-corrected chi connectivity index (χ1v) is 8.97. The summed E-state index contributed by atoms with van der Waals surface area (Å²) < 4.78 is 37.4. The van der Waals surface area contributed by atoms with Crippen molar-refractivity contribution in [2.45, 2.75) is 10.9 Å². The van der Waals surface area contributed by atoms with Gasteiger partial charge in [-0.05, 0) is 39.7 Å². The minimum atomic E-state index is -3.27. The van der Waals surface area contributed by atoms with Gasteiger partial charge in [0.1, 0.15) is 5.82 Å². The van der Waals surface area contributed by atoms with E-state index in [9.17, 15) is 12.8 Å². The van der Waals surface area contributed by atoms with Gasteiger partial charge in [0.05, 0.1) is 16.0 Å².